The van der Waals surface area contributed by atoms with Crippen LogP contribution >= 0.6 is 0 Å². The van der Waals surface area contributed by atoms with E-state index in [0.717, 1.165) is 22.3 Å². The highest BCUT2D eigenvalue weighted by molar-refractivity contribution is 5.95. The predicted molar refractivity (Wildman–Crippen MR) is 96.0 cm³/mol. The SMILES string of the molecule is NC(=O)[C@@H](NC(=O)[C@H]1CCC(=O)N1)C1c2ccccc2-c2ccccc21. The summed E-state index contributed by atoms with van der Waals surface area (Å²) in [6, 6.07) is 14.1. The van der Waals surface area contributed by atoms with E-state index < -0.39 is 18.0 Å². The fraction of sp³-hybridized carbons (Fsp3) is 0.250. The number of nitrogens with one attached hydrogen (secondary N) is 2. The minimum absolute atomic E-state index is 0.155. The number of fused-ring (bicyclic) bond motifs is 3. The molecule has 2 aromatic carbocycles. The number of carbonyl (C=O) groups excluding carboxylic acids is 3. The molecule has 0 spiro atoms. The molecule has 132 valence electrons. The molecular formula is C20H19N3O3. The zero-order valence-corrected chi connectivity index (χ0v) is 14.1. The lowest BCUT2D eigenvalue weighted by molar-refractivity contribution is -0.129. The van der Waals surface area contributed by atoms with Gasteiger partial charge in [-0.1, -0.05) is 48.5 Å². The molecular weight excluding hydrogens is 330 g/mol. The van der Waals surface area contributed by atoms with E-state index in [1.807, 2.05) is 48.5 Å². The lowest BCUT2D eigenvalue weighted by Crippen LogP contribution is -2.53. The molecule has 1 aliphatic carbocycles. The third kappa shape index (κ3) is 2.63. The predicted octanol–water partition coefficient (Wildman–Crippen LogP) is 1.05. The monoisotopic (exact) mass is 349 g/mol. The van der Waals surface area contributed by atoms with Crippen LogP contribution in [0.1, 0.15) is 29.9 Å². The van der Waals surface area contributed by atoms with Crippen molar-refractivity contribution >= 4 is 17.7 Å². The molecule has 26 heavy (non-hydrogen) atoms. The first-order valence-electron chi connectivity index (χ1n) is 8.63. The van der Waals surface area contributed by atoms with Gasteiger partial charge in [0.1, 0.15) is 12.1 Å². The van der Waals surface area contributed by atoms with Crippen molar-refractivity contribution in [3.8, 4) is 11.1 Å². The number of benzene rings is 2. The smallest absolute Gasteiger partial charge is 0.243 e. The topological polar surface area (TPSA) is 101 Å². The molecule has 6 nitrogen and oxygen atoms in total. The summed E-state index contributed by atoms with van der Waals surface area (Å²) in [5, 5.41) is 5.40. The third-order valence-electron chi connectivity index (χ3n) is 5.13. The van der Waals surface area contributed by atoms with Gasteiger partial charge in [0.05, 0.1) is 0 Å². The molecule has 1 heterocycles. The minimum Gasteiger partial charge on any atom is -0.368 e. The fourth-order valence-corrected chi connectivity index (χ4v) is 3.94. The molecule has 3 amide bonds. The normalized spacial score (nSPS) is 19.4. The van der Waals surface area contributed by atoms with E-state index in [0.29, 0.717) is 12.8 Å². The summed E-state index contributed by atoms with van der Waals surface area (Å²) in [6.45, 7) is 0. The van der Waals surface area contributed by atoms with Gasteiger partial charge in [-0.25, -0.2) is 0 Å². The number of hydrogen-bond donors (Lipinski definition) is 3. The molecule has 2 aromatic rings. The highest BCUT2D eigenvalue weighted by atomic mass is 16.2. The van der Waals surface area contributed by atoms with Crippen LogP contribution in [0.25, 0.3) is 11.1 Å². The van der Waals surface area contributed by atoms with E-state index in [4.69, 9.17) is 5.73 Å². The van der Waals surface area contributed by atoms with E-state index in [1.54, 1.807) is 0 Å². The summed E-state index contributed by atoms with van der Waals surface area (Å²) in [7, 11) is 0. The Kier molecular flexibility index (Phi) is 3.95. The summed E-state index contributed by atoms with van der Waals surface area (Å²) in [5.74, 6) is -1.47. The Morgan fingerprint density at radius 2 is 1.62 bits per heavy atom. The van der Waals surface area contributed by atoms with E-state index in [2.05, 4.69) is 10.6 Å². The molecule has 1 saturated heterocycles. The van der Waals surface area contributed by atoms with Crippen molar-refractivity contribution in [1.82, 2.24) is 10.6 Å². The fourth-order valence-electron chi connectivity index (χ4n) is 3.94. The van der Waals surface area contributed by atoms with E-state index in [9.17, 15) is 14.4 Å². The van der Waals surface area contributed by atoms with Crippen LogP contribution < -0.4 is 16.4 Å². The van der Waals surface area contributed by atoms with Gasteiger partial charge in [-0.05, 0) is 28.7 Å². The Morgan fingerprint density at radius 1 is 1.04 bits per heavy atom. The summed E-state index contributed by atoms with van der Waals surface area (Å²) in [4.78, 5) is 36.2. The molecule has 2 atom stereocenters. The number of primary amides is 1. The van der Waals surface area contributed by atoms with E-state index >= 15 is 0 Å². The van der Waals surface area contributed by atoms with Gasteiger partial charge >= 0.3 is 0 Å². The van der Waals surface area contributed by atoms with Gasteiger partial charge in [-0.2, -0.15) is 0 Å². The molecule has 1 fully saturated rings. The van der Waals surface area contributed by atoms with Crippen molar-refractivity contribution in [1.29, 1.82) is 0 Å². The van der Waals surface area contributed by atoms with Crippen molar-refractivity contribution in [3.05, 3.63) is 59.7 Å². The van der Waals surface area contributed by atoms with Crippen LogP contribution in [0.3, 0.4) is 0 Å². The van der Waals surface area contributed by atoms with Crippen molar-refractivity contribution < 1.29 is 14.4 Å². The van der Waals surface area contributed by atoms with Crippen LogP contribution in [-0.2, 0) is 14.4 Å². The number of rotatable bonds is 4. The third-order valence-corrected chi connectivity index (χ3v) is 5.13. The Morgan fingerprint density at radius 3 is 2.12 bits per heavy atom. The van der Waals surface area contributed by atoms with Crippen LogP contribution in [0.15, 0.2) is 48.5 Å². The highest BCUT2D eigenvalue weighted by Gasteiger charge is 2.39. The molecule has 4 N–H and O–H groups in total. The van der Waals surface area contributed by atoms with Gasteiger partial charge in [0.2, 0.25) is 17.7 Å². The van der Waals surface area contributed by atoms with Crippen LogP contribution in [0.4, 0.5) is 0 Å². The molecule has 0 saturated carbocycles. The molecule has 0 radical (unpaired) electrons. The van der Waals surface area contributed by atoms with Gasteiger partial charge in [0.25, 0.3) is 0 Å². The Hall–Kier alpha value is -3.15. The lowest BCUT2D eigenvalue weighted by atomic mass is 9.88. The second kappa shape index (κ2) is 6.29. The number of nitrogens with two attached hydrogens (primary N) is 1. The minimum atomic E-state index is -0.884. The summed E-state index contributed by atoms with van der Waals surface area (Å²) in [6.07, 6.45) is 0.739. The number of hydrogen-bond acceptors (Lipinski definition) is 3. The lowest BCUT2D eigenvalue weighted by Gasteiger charge is -2.25. The van der Waals surface area contributed by atoms with Gasteiger partial charge in [-0.3, -0.25) is 14.4 Å². The second-order valence-electron chi connectivity index (χ2n) is 6.70. The zero-order valence-electron chi connectivity index (χ0n) is 14.1. The van der Waals surface area contributed by atoms with Crippen LogP contribution in [0.2, 0.25) is 0 Å². The first-order valence-corrected chi connectivity index (χ1v) is 8.63. The van der Waals surface area contributed by atoms with E-state index in [1.165, 1.54) is 0 Å². The maximum Gasteiger partial charge on any atom is 0.243 e. The van der Waals surface area contributed by atoms with Crippen LogP contribution in [0, 0.1) is 0 Å². The van der Waals surface area contributed by atoms with Crippen molar-refractivity contribution in [2.24, 2.45) is 5.73 Å². The average molecular weight is 349 g/mol. The highest BCUT2D eigenvalue weighted by Crippen LogP contribution is 2.46. The first-order chi connectivity index (χ1) is 12.6. The summed E-state index contributed by atoms with van der Waals surface area (Å²) < 4.78 is 0. The molecule has 6 heteroatoms. The van der Waals surface area contributed by atoms with Gasteiger partial charge in [-0.15, -0.1) is 0 Å². The van der Waals surface area contributed by atoms with Gasteiger partial charge < -0.3 is 16.4 Å². The largest absolute Gasteiger partial charge is 0.368 e. The maximum absolute atomic E-state index is 12.6. The Labute approximate surface area is 150 Å². The summed E-state index contributed by atoms with van der Waals surface area (Å²) >= 11 is 0. The Bertz CT molecular complexity index is 863. The molecule has 0 aromatic heterocycles. The number of amides is 3. The first kappa shape index (κ1) is 16.3. The second-order valence-corrected chi connectivity index (χ2v) is 6.70. The molecule has 2 aliphatic rings. The Balaban J connectivity index is 1.70. The standard InChI is InChI=1S/C20H19N3O3/c21-19(25)18(23-20(26)15-9-10-16(24)22-15)17-13-7-3-1-5-11(13)12-6-2-4-8-14(12)17/h1-8,15,17-18H,9-10H2,(H2,21,25)(H,22,24)(H,23,26)/t15-,18+/m1/s1. The van der Waals surface area contributed by atoms with Crippen molar-refractivity contribution in [3.63, 3.8) is 0 Å². The molecule has 4 rings (SSSR count). The molecule has 0 unspecified atom stereocenters. The van der Waals surface area contributed by atoms with Gasteiger partial charge in [0.15, 0.2) is 0 Å². The van der Waals surface area contributed by atoms with Crippen LogP contribution in [0.5, 0.6) is 0 Å². The molecule has 0 bridgehead atoms. The summed E-state index contributed by atoms with van der Waals surface area (Å²) in [5.41, 5.74) is 9.68. The number of carbonyl (C=O) groups is 3. The van der Waals surface area contributed by atoms with Crippen LogP contribution in [-0.4, -0.2) is 29.8 Å². The maximum atomic E-state index is 12.6. The average Bonchev–Trinajstić information content (AvgIpc) is 3.21. The zero-order chi connectivity index (χ0) is 18.3. The van der Waals surface area contributed by atoms with Crippen molar-refractivity contribution in [2.45, 2.75) is 30.8 Å². The molecule has 1 aliphatic heterocycles. The van der Waals surface area contributed by atoms with Crippen molar-refractivity contribution in [2.75, 3.05) is 0 Å². The van der Waals surface area contributed by atoms with Gasteiger partial charge in [0, 0.05) is 12.3 Å². The van der Waals surface area contributed by atoms with E-state index in [-0.39, 0.29) is 17.7 Å². The quantitative estimate of drug-likeness (QED) is 0.769.